The molecule has 0 aromatic heterocycles. The number of esters is 1. The number of hydrogen-bond donors (Lipinski definition) is 0. The second kappa shape index (κ2) is 5.52. The van der Waals surface area contributed by atoms with Crippen molar-refractivity contribution in [2.45, 2.75) is 88.6 Å². The van der Waals surface area contributed by atoms with Crippen molar-refractivity contribution in [1.82, 2.24) is 4.90 Å². The van der Waals surface area contributed by atoms with Crippen LogP contribution < -0.4 is 0 Å². The second-order valence-electron chi connectivity index (χ2n) is 9.75. The molecule has 2 unspecified atom stereocenters. The summed E-state index contributed by atoms with van der Waals surface area (Å²) in [5.74, 6) is 0.872. The van der Waals surface area contributed by atoms with Crippen molar-refractivity contribution in [3.63, 3.8) is 0 Å². The van der Waals surface area contributed by atoms with Gasteiger partial charge in [0, 0.05) is 17.9 Å². The van der Waals surface area contributed by atoms with Crippen LogP contribution in [-0.2, 0) is 23.7 Å². The summed E-state index contributed by atoms with van der Waals surface area (Å²) in [5, 5.41) is 0. The van der Waals surface area contributed by atoms with E-state index in [0.717, 1.165) is 12.8 Å². The maximum absolute atomic E-state index is 12.2. The molecule has 0 radical (unpaired) electrons. The molecule has 0 aromatic rings. The lowest BCUT2D eigenvalue weighted by molar-refractivity contribution is -0.280. The first kappa shape index (κ1) is 17.7. The van der Waals surface area contributed by atoms with E-state index in [2.05, 4.69) is 18.7 Å². The van der Waals surface area contributed by atoms with Crippen molar-refractivity contribution in [2.24, 2.45) is 17.8 Å². The highest BCUT2D eigenvalue weighted by atomic mass is 16.7. The highest BCUT2D eigenvalue weighted by Crippen LogP contribution is 2.72. The molecule has 5 fully saturated rings. The van der Waals surface area contributed by atoms with Gasteiger partial charge in [-0.2, -0.15) is 0 Å². The van der Waals surface area contributed by atoms with Gasteiger partial charge in [-0.25, -0.2) is 4.79 Å². The summed E-state index contributed by atoms with van der Waals surface area (Å²) < 4.78 is 25.0. The van der Waals surface area contributed by atoms with E-state index in [1.165, 1.54) is 25.8 Å². The van der Waals surface area contributed by atoms with E-state index in [0.29, 0.717) is 35.3 Å². The van der Waals surface area contributed by atoms with Gasteiger partial charge in [-0.05, 0) is 38.6 Å². The minimum Gasteiger partial charge on any atom is -0.496 e. The summed E-state index contributed by atoms with van der Waals surface area (Å²) in [6.45, 7) is 7.49. The molecule has 6 nitrogen and oxygen atoms in total. The molecule has 0 aromatic carbocycles. The predicted octanol–water partition coefficient (Wildman–Crippen LogP) is 2.62. The number of nitrogens with zero attached hydrogens (tertiary/aromatic N) is 1. The van der Waals surface area contributed by atoms with Gasteiger partial charge in [0.25, 0.3) is 0 Å². The number of rotatable bonds is 5. The molecule has 5 bridgehead atoms. The van der Waals surface area contributed by atoms with Crippen molar-refractivity contribution >= 4 is 5.97 Å². The zero-order valence-electron chi connectivity index (χ0n) is 17.3. The molecule has 0 amide bonds. The molecule has 6 aliphatic rings. The van der Waals surface area contributed by atoms with E-state index in [4.69, 9.17) is 18.9 Å². The molecule has 6 heterocycles. The molecule has 6 heteroatoms. The molecule has 6 aliphatic heterocycles. The molecular formula is C22H31NO5. The molecule has 0 saturated carbocycles. The van der Waals surface area contributed by atoms with E-state index in [9.17, 15) is 4.79 Å². The van der Waals surface area contributed by atoms with Gasteiger partial charge in [0.2, 0.25) is 0 Å². The Balaban J connectivity index is 1.39. The highest BCUT2D eigenvalue weighted by Gasteiger charge is 2.83. The number of carbonyl (C=O) groups is 1. The van der Waals surface area contributed by atoms with Crippen LogP contribution in [0.15, 0.2) is 11.3 Å². The van der Waals surface area contributed by atoms with Crippen LogP contribution in [0.2, 0.25) is 0 Å². The standard InChI is InChI=1S/C22H31NO5/c1-5-6-8-21-14-7-9-23(21)13-10-15(21)27-22(14)16(13)11(2)18(28-22)19-17(25-4)12(3)20(24)26-19/h11,13-16,18-19H,5-10H2,1-4H3/t11-,13?,14+,15-,16+,18-,19-,21-,22+/m0/s1. The smallest absolute Gasteiger partial charge is 0.338 e. The van der Waals surface area contributed by atoms with Crippen molar-refractivity contribution in [1.29, 1.82) is 0 Å². The van der Waals surface area contributed by atoms with E-state index < -0.39 is 11.9 Å². The number of fused-ring (bicyclic) bond motifs is 1. The Morgan fingerprint density at radius 1 is 1.32 bits per heavy atom. The van der Waals surface area contributed by atoms with E-state index in [1.807, 2.05) is 0 Å². The minimum absolute atomic E-state index is 0.175. The third-order valence-electron chi connectivity index (χ3n) is 8.92. The number of ether oxygens (including phenoxy) is 4. The molecule has 5 saturated heterocycles. The van der Waals surface area contributed by atoms with Crippen molar-refractivity contribution < 1.29 is 23.7 Å². The fourth-order valence-corrected chi connectivity index (χ4v) is 8.05. The number of piperidine rings is 1. The number of methoxy groups -OCH3 is 1. The summed E-state index contributed by atoms with van der Waals surface area (Å²) in [6, 6.07) is 0.530. The van der Waals surface area contributed by atoms with Crippen LogP contribution in [0.3, 0.4) is 0 Å². The Kier molecular flexibility index (Phi) is 3.50. The van der Waals surface area contributed by atoms with Gasteiger partial charge in [-0.1, -0.05) is 26.7 Å². The predicted molar refractivity (Wildman–Crippen MR) is 100 cm³/mol. The Morgan fingerprint density at radius 3 is 2.89 bits per heavy atom. The van der Waals surface area contributed by atoms with Crippen LogP contribution in [0, 0.1) is 17.8 Å². The quantitative estimate of drug-likeness (QED) is 0.674. The largest absolute Gasteiger partial charge is 0.496 e. The maximum Gasteiger partial charge on any atom is 0.338 e. The summed E-state index contributed by atoms with van der Waals surface area (Å²) in [4.78, 5) is 15.0. The van der Waals surface area contributed by atoms with Crippen LogP contribution in [0.4, 0.5) is 0 Å². The summed E-state index contributed by atoms with van der Waals surface area (Å²) >= 11 is 0. The number of hydrogen-bond acceptors (Lipinski definition) is 6. The highest BCUT2D eigenvalue weighted by molar-refractivity contribution is 5.91. The summed E-state index contributed by atoms with van der Waals surface area (Å²) in [5.41, 5.74) is 0.739. The van der Waals surface area contributed by atoms with Crippen LogP contribution in [0.5, 0.6) is 0 Å². The molecule has 6 rings (SSSR count). The SMILES string of the molecule is CCCC[C@@]12[C@@H]3CC4[C@H]5[C@H](C)[C@@H]([C@H]6OC(=O)C(C)=C6OC)O[C@]5(O3)[C@@H]1CCN42. The monoisotopic (exact) mass is 389 g/mol. The van der Waals surface area contributed by atoms with Gasteiger partial charge >= 0.3 is 5.97 Å². The van der Waals surface area contributed by atoms with Gasteiger partial charge in [0.15, 0.2) is 11.9 Å². The van der Waals surface area contributed by atoms with Gasteiger partial charge in [-0.3, -0.25) is 4.90 Å². The normalized spacial score (nSPS) is 55.4. The van der Waals surface area contributed by atoms with Gasteiger partial charge in [0.05, 0.1) is 24.3 Å². The van der Waals surface area contributed by atoms with E-state index in [1.54, 1.807) is 14.0 Å². The molecule has 1 spiro atoms. The lowest BCUT2D eigenvalue weighted by Gasteiger charge is -2.49. The first-order chi connectivity index (χ1) is 13.5. The average molecular weight is 389 g/mol. The topological polar surface area (TPSA) is 57.2 Å². The van der Waals surface area contributed by atoms with E-state index >= 15 is 0 Å². The van der Waals surface area contributed by atoms with Crippen LogP contribution in [0.1, 0.15) is 52.9 Å². The van der Waals surface area contributed by atoms with Crippen LogP contribution in [-0.4, -0.2) is 60.2 Å². The Labute approximate surface area is 166 Å². The lowest BCUT2D eigenvalue weighted by Crippen LogP contribution is -2.61. The van der Waals surface area contributed by atoms with Crippen molar-refractivity contribution in [2.75, 3.05) is 13.7 Å². The number of unbranched alkanes of at least 4 members (excludes halogenated alkanes) is 1. The van der Waals surface area contributed by atoms with Gasteiger partial charge in [0.1, 0.15) is 11.9 Å². The molecule has 10 atom stereocenters. The minimum atomic E-state index is -0.500. The zero-order chi connectivity index (χ0) is 19.4. The van der Waals surface area contributed by atoms with Gasteiger partial charge in [-0.15, -0.1) is 0 Å². The number of cyclic esters (lactones) is 1. The Morgan fingerprint density at radius 2 is 2.14 bits per heavy atom. The van der Waals surface area contributed by atoms with Crippen LogP contribution in [0.25, 0.3) is 0 Å². The number of carbonyl (C=O) groups excluding carboxylic acids is 1. The van der Waals surface area contributed by atoms with Gasteiger partial charge < -0.3 is 18.9 Å². The average Bonchev–Trinajstić information content (AvgIpc) is 3.38. The molecule has 28 heavy (non-hydrogen) atoms. The summed E-state index contributed by atoms with van der Waals surface area (Å²) in [6.07, 6.45) is 5.60. The maximum atomic E-state index is 12.2. The molecule has 0 aliphatic carbocycles. The fourth-order valence-electron chi connectivity index (χ4n) is 8.05. The van der Waals surface area contributed by atoms with Crippen molar-refractivity contribution in [3.05, 3.63) is 11.3 Å². The van der Waals surface area contributed by atoms with Crippen LogP contribution >= 0.6 is 0 Å². The zero-order valence-corrected chi connectivity index (χ0v) is 17.3. The fraction of sp³-hybridized carbons (Fsp3) is 0.864. The Bertz CT molecular complexity index is 766. The Hall–Kier alpha value is -1.11. The molecule has 154 valence electrons. The summed E-state index contributed by atoms with van der Waals surface area (Å²) in [7, 11) is 1.62. The second-order valence-corrected chi connectivity index (χ2v) is 9.75. The van der Waals surface area contributed by atoms with E-state index in [-0.39, 0.29) is 23.5 Å². The van der Waals surface area contributed by atoms with Crippen molar-refractivity contribution in [3.8, 4) is 0 Å². The first-order valence-corrected chi connectivity index (χ1v) is 11.1. The third kappa shape index (κ3) is 1.72. The molecule has 0 N–H and O–H groups in total. The first-order valence-electron chi connectivity index (χ1n) is 11.1. The lowest BCUT2D eigenvalue weighted by atomic mass is 9.69. The molecular weight excluding hydrogens is 358 g/mol. The third-order valence-corrected chi connectivity index (χ3v) is 8.92.